The number of alkyl carbamates (subject to hydrolysis) is 1. The number of nitrogens with one attached hydrogen (secondary N) is 1. The van der Waals surface area contributed by atoms with Crippen LogP contribution in [0.15, 0.2) is 60.9 Å². The van der Waals surface area contributed by atoms with E-state index in [1.807, 2.05) is 24.3 Å². The minimum absolute atomic E-state index is 0.0153. The molecule has 1 aliphatic rings. The van der Waals surface area contributed by atoms with E-state index in [2.05, 4.69) is 29.6 Å². The maximum absolute atomic E-state index is 12.1. The second kappa shape index (κ2) is 7.87. The third-order valence-corrected chi connectivity index (χ3v) is 4.35. The number of carbonyl (C=O) groups is 2. The van der Waals surface area contributed by atoms with Crippen LogP contribution in [0, 0.1) is 0 Å². The molecule has 1 aliphatic carbocycles. The first-order chi connectivity index (χ1) is 12.6. The van der Waals surface area contributed by atoms with Crippen molar-refractivity contribution in [2.24, 2.45) is 0 Å². The van der Waals surface area contributed by atoms with Crippen LogP contribution in [0.25, 0.3) is 11.1 Å². The Labute approximate surface area is 152 Å². The number of hydrogen-bond acceptors (Lipinski definition) is 4. The summed E-state index contributed by atoms with van der Waals surface area (Å²) in [5.74, 6) is -0.560. The number of hydrogen-bond donors (Lipinski definition) is 1. The molecule has 0 aliphatic heterocycles. The molecule has 0 radical (unpaired) electrons. The first kappa shape index (κ1) is 17.7. The summed E-state index contributed by atoms with van der Waals surface area (Å²) < 4.78 is 10.2. The van der Waals surface area contributed by atoms with E-state index in [1.165, 1.54) is 17.4 Å². The summed E-state index contributed by atoms with van der Waals surface area (Å²) in [6, 6.07) is 15.4. The lowest BCUT2D eigenvalue weighted by molar-refractivity contribution is -0.139. The summed E-state index contributed by atoms with van der Waals surface area (Å²) in [4.78, 5) is 23.7. The van der Waals surface area contributed by atoms with Crippen molar-refractivity contribution < 1.29 is 19.1 Å². The van der Waals surface area contributed by atoms with Gasteiger partial charge in [0.2, 0.25) is 0 Å². The van der Waals surface area contributed by atoms with Crippen LogP contribution >= 0.6 is 0 Å². The van der Waals surface area contributed by atoms with E-state index in [1.54, 1.807) is 19.9 Å². The summed E-state index contributed by atoms with van der Waals surface area (Å²) >= 11 is 0. The summed E-state index contributed by atoms with van der Waals surface area (Å²) in [5, 5.41) is 2.49. The van der Waals surface area contributed by atoms with Gasteiger partial charge in [-0.15, -0.1) is 0 Å². The van der Waals surface area contributed by atoms with Crippen molar-refractivity contribution in [3.8, 4) is 11.1 Å². The van der Waals surface area contributed by atoms with Crippen molar-refractivity contribution >= 4 is 12.1 Å². The summed E-state index contributed by atoms with van der Waals surface area (Å²) in [6.45, 7) is 3.49. The van der Waals surface area contributed by atoms with Gasteiger partial charge in [-0.1, -0.05) is 54.6 Å². The SMILES string of the molecule is C/C=C/OC(=O)[C@H](C)NC(=O)OCC1c2ccccc2-c2ccccc21. The minimum atomic E-state index is -0.790. The Morgan fingerprint density at radius 1 is 1.08 bits per heavy atom. The Hall–Kier alpha value is -3.08. The Kier molecular flexibility index (Phi) is 5.37. The third kappa shape index (κ3) is 3.61. The average molecular weight is 351 g/mol. The number of rotatable bonds is 5. The highest BCUT2D eigenvalue weighted by Gasteiger charge is 2.29. The highest BCUT2D eigenvalue weighted by atomic mass is 16.6. The van der Waals surface area contributed by atoms with E-state index in [0.29, 0.717) is 0 Å². The van der Waals surface area contributed by atoms with Crippen LogP contribution in [0.4, 0.5) is 4.79 Å². The molecule has 5 heteroatoms. The topological polar surface area (TPSA) is 64.6 Å². The van der Waals surface area contributed by atoms with Crippen LogP contribution < -0.4 is 5.32 Å². The highest BCUT2D eigenvalue weighted by molar-refractivity contribution is 5.82. The first-order valence-corrected chi connectivity index (χ1v) is 8.55. The molecule has 0 unspecified atom stereocenters. The van der Waals surface area contributed by atoms with E-state index >= 15 is 0 Å². The van der Waals surface area contributed by atoms with Gasteiger partial charge in [0.1, 0.15) is 12.6 Å². The van der Waals surface area contributed by atoms with Crippen molar-refractivity contribution in [2.75, 3.05) is 6.61 Å². The molecule has 0 fully saturated rings. The Balaban J connectivity index is 1.65. The molecule has 1 N–H and O–H groups in total. The predicted octanol–water partition coefficient (Wildman–Crippen LogP) is 3.99. The molecular weight excluding hydrogens is 330 g/mol. The number of esters is 1. The van der Waals surface area contributed by atoms with Gasteiger partial charge < -0.3 is 14.8 Å². The van der Waals surface area contributed by atoms with Gasteiger partial charge in [-0.3, -0.25) is 0 Å². The largest absolute Gasteiger partial charge is 0.449 e. The molecule has 1 atom stereocenters. The molecule has 1 amide bonds. The lowest BCUT2D eigenvalue weighted by atomic mass is 9.98. The molecule has 3 rings (SSSR count). The fourth-order valence-electron chi connectivity index (χ4n) is 3.11. The summed E-state index contributed by atoms with van der Waals surface area (Å²) in [7, 11) is 0. The van der Waals surface area contributed by atoms with E-state index in [0.717, 1.165) is 11.1 Å². The van der Waals surface area contributed by atoms with Crippen LogP contribution in [0.3, 0.4) is 0 Å². The van der Waals surface area contributed by atoms with Crippen LogP contribution in [0.5, 0.6) is 0 Å². The molecule has 2 aromatic carbocycles. The van der Waals surface area contributed by atoms with Gasteiger partial charge in [-0.05, 0) is 36.1 Å². The Morgan fingerprint density at radius 2 is 1.65 bits per heavy atom. The highest BCUT2D eigenvalue weighted by Crippen LogP contribution is 2.44. The van der Waals surface area contributed by atoms with Gasteiger partial charge in [-0.25, -0.2) is 9.59 Å². The monoisotopic (exact) mass is 351 g/mol. The molecule has 2 aromatic rings. The van der Waals surface area contributed by atoms with E-state index in [-0.39, 0.29) is 12.5 Å². The van der Waals surface area contributed by atoms with Crippen LogP contribution in [0.1, 0.15) is 30.9 Å². The predicted molar refractivity (Wildman–Crippen MR) is 98.6 cm³/mol. The molecule has 0 saturated heterocycles. The Morgan fingerprint density at radius 3 is 2.23 bits per heavy atom. The number of amides is 1. The molecule has 0 spiro atoms. The lowest BCUT2D eigenvalue weighted by Crippen LogP contribution is -2.39. The van der Waals surface area contributed by atoms with E-state index < -0.39 is 18.1 Å². The van der Waals surface area contributed by atoms with Crippen molar-refractivity contribution in [2.45, 2.75) is 25.8 Å². The molecule has 0 aromatic heterocycles. The maximum Gasteiger partial charge on any atom is 0.407 e. The first-order valence-electron chi connectivity index (χ1n) is 8.55. The van der Waals surface area contributed by atoms with Gasteiger partial charge >= 0.3 is 12.1 Å². The molecular formula is C21H21NO4. The van der Waals surface area contributed by atoms with Crippen molar-refractivity contribution in [1.29, 1.82) is 0 Å². The zero-order valence-electron chi connectivity index (χ0n) is 14.8. The Bertz CT molecular complexity index is 798. The lowest BCUT2D eigenvalue weighted by Gasteiger charge is -2.16. The molecule has 5 nitrogen and oxygen atoms in total. The number of carbonyl (C=O) groups excluding carboxylic acids is 2. The quantitative estimate of drug-likeness (QED) is 0.653. The van der Waals surface area contributed by atoms with Crippen LogP contribution in [0.2, 0.25) is 0 Å². The summed E-state index contributed by atoms with van der Waals surface area (Å²) in [6.07, 6.45) is 2.23. The molecule has 0 bridgehead atoms. The van der Waals surface area contributed by atoms with Crippen molar-refractivity contribution in [1.82, 2.24) is 5.32 Å². The van der Waals surface area contributed by atoms with Gasteiger partial charge in [0.25, 0.3) is 0 Å². The van der Waals surface area contributed by atoms with Crippen molar-refractivity contribution in [3.05, 3.63) is 72.0 Å². The second-order valence-corrected chi connectivity index (χ2v) is 6.10. The number of benzene rings is 2. The van der Waals surface area contributed by atoms with Gasteiger partial charge in [0, 0.05) is 5.92 Å². The fourth-order valence-corrected chi connectivity index (χ4v) is 3.11. The third-order valence-electron chi connectivity index (χ3n) is 4.35. The normalized spacial score (nSPS) is 13.8. The van der Waals surface area contributed by atoms with Gasteiger partial charge in [0.05, 0.1) is 6.26 Å². The standard InChI is InChI=1S/C21H21NO4/c1-3-12-25-20(23)14(2)22-21(24)26-13-19-17-10-6-4-8-15(17)16-9-5-7-11-18(16)19/h3-12,14,19H,13H2,1-2H3,(H,22,24)/b12-3+/t14-/m0/s1. The average Bonchev–Trinajstić information content (AvgIpc) is 2.98. The molecule has 0 heterocycles. The molecule has 26 heavy (non-hydrogen) atoms. The second-order valence-electron chi connectivity index (χ2n) is 6.10. The number of allylic oxidation sites excluding steroid dienone is 1. The number of fused-ring (bicyclic) bond motifs is 3. The van der Waals surface area contributed by atoms with Crippen LogP contribution in [-0.4, -0.2) is 24.7 Å². The summed E-state index contributed by atoms with van der Waals surface area (Å²) in [5.41, 5.74) is 4.62. The zero-order valence-corrected chi connectivity index (χ0v) is 14.8. The van der Waals surface area contributed by atoms with Gasteiger partial charge in [-0.2, -0.15) is 0 Å². The van der Waals surface area contributed by atoms with E-state index in [4.69, 9.17) is 9.47 Å². The smallest absolute Gasteiger partial charge is 0.407 e. The molecule has 134 valence electrons. The van der Waals surface area contributed by atoms with Crippen LogP contribution in [-0.2, 0) is 14.3 Å². The molecule has 0 saturated carbocycles. The van der Waals surface area contributed by atoms with Gasteiger partial charge in [0.15, 0.2) is 0 Å². The van der Waals surface area contributed by atoms with E-state index in [9.17, 15) is 9.59 Å². The fraction of sp³-hybridized carbons (Fsp3) is 0.238. The van der Waals surface area contributed by atoms with Crippen molar-refractivity contribution in [3.63, 3.8) is 0 Å². The number of ether oxygens (including phenoxy) is 2. The maximum atomic E-state index is 12.1. The minimum Gasteiger partial charge on any atom is -0.449 e. The zero-order chi connectivity index (χ0) is 18.5.